The summed E-state index contributed by atoms with van der Waals surface area (Å²) in [6.45, 7) is 3.67. The minimum atomic E-state index is -0.512. The first-order valence-electron chi connectivity index (χ1n) is 7.69. The predicted octanol–water partition coefficient (Wildman–Crippen LogP) is 3.77. The number of hydrogen-bond donors (Lipinski definition) is 3. The fourth-order valence-electron chi connectivity index (χ4n) is 2.36. The largest absolute Gasteiger partial charge is 0.366 e. The summed E-state index contributed by atoms with van der Waals surface area (Å²) < 4.78 is 0. The van der Waals surface area contributed by atoms with Gasteiger partial charge in [-0.15, -0.1) is 0 Å². The van der Waals surface area contributed by atoms with Crippen molar-refractivity contribution in [2.45, 2.75) is 25.9 Å². The molecule has 0 aliphatic carbocycles. The number of nitrogens with one attached hydrogen (secondary N) is 2. The van der Waals surface area contributed by atoms with Gasteiger partial charge in [-0.3, -0.25) is 14.9 Å². The van der Waals surface area contributed by atoms with Gasteiger partial charge in [-0.25, -0.2) is 0 Å². The Morgan fingerprint density at radius 2 is 1.68 bits per heavy atom. The van der Waals surface area contributed by atoms with Crippen molar-refractivity contribution in [3.63, 3.8) is 0 Å². The Morgan fingerprint density at radius 3 is 2.24 bits per heavy atom. The van der Waals surface area contributed by atoms with Gasteiger partial charge in [0.15, 0.2) is 0 Å². The van der Waals surface area contributed by atoms with Gasteiger partial charge in [0.05, 0.1) is 6.04 Å². The second kappa shape index (κ2) is 8.34. The highest BCUT2D eigenvalue weighted by Gasteiger charge is 2.18. The summed E-state index contributed by atoms with van der Waals surface area (Å²) in [4.78, 5) is 23.4. The van der Waals surface area contributed by atoms with Crippen LogP contribution in [0, 0.1) is 0 Å². The van der Waals surface area contributed by atoms with Crippen LogP contribution in [0.3, 0.4) is 0 Å². The molecule has 7 heteroatoms. The van der Waals surface area contributed by atoms with Gasteiger partial charge in [0.2, 0.25) is 11.8 Å². The fourth-order valence-corrected chi connectivity index (χ4v) is 2.93. The molecule has 2 amide bonds. The minimum Gasteiger partial charge on any atom is -0.366 e. The first kappa shape index (κ1) is 19.2. The highest BCUT2D eigenvalue weighted by Crippen LogP contribution is 2.26. The molecule has 0 spiro atoms. The van der Waals surface area contributed by atoms with Crippen LogP contribution < -0.4 is 16.4 Å². The lowest BCUT2D eigenvalue weighted by Gasteiger charge is -2.21. The van der Waals surface area contributed by atoms with Gasteiger partial charge in [0.25, 0.3) is 0 Å². The number of benzene rings is 2. The SMILES string of the molecule is C[C@@H](N[C@H](C)c1ccc(Cl)cc1Cl)C(=O)Nc1ccc(C(N)=O)cc1. The van der Waals surface area contributed by atoms with E-state index in [1.165, 1.54) is 0 Å². The minimum absolute atomic E-state index is 0.136. The summed E-state index contributed by atoms with van der Waals surface area (Å²) in [6, 6.07) is 11.0. The molecule has 0 saturated carbocycles. The number of anilines is 1. The van der Waals surface area contributed by atoms with Crippen molar-refractivity contribution < 1.29 is 9.59 Å². The lowest BCUT2D eigenvalue weighted by Crippen LogP contribution is -2.39. The van der Waals surface area contributed by atoms with E-state index in [-0.39, 0.29) is 11.9 Å². The maximum atomic E-state index is 12.3. The standard InChI is InChI=1S/C18H19Cl2N3O2/c1-10(15-8-5-13(19)9-16(15)20)22-11(2)18(25)23-14-6-3-12(4-7-14)17(21)24/h3-11,22H,1-2H3,(H2,21,24)(H,23,25)/t10-,11-/m1/s1. The van der Waals surface area contributed by atoms with Crippen molar-refractivity contribution in [2.75, 3.05) is 5.32 Å². The maximum Gasteiger partial charge on any atom is 0.248 e. The third-order valence-corrected chi connectivity index (χ3v) is 4.32. The molecule has 0 radical (unpaired) electrons. The first-order valence-corrected chi connectivity index (χ1v) is 8.45. The Labute approximate surface area is 156 Å². The van der Waals surface area contributed by atoms with Gasteiger partial charge in [0.1, 0.15) is 0 Å². The van der Waals surface area contributed by atoms with Gasteiger partial charge in [-0.2, -0.15) is 0 Å². The molecule has 0 saturated heterocycles. The molecule has 4 N–H and O–H groups in total. The van der Waals surface area contributed by atoms with E-state index in [2.05, 4.69) is 10.6 Å². The molecule has 0 aromatic heterocycles. The van der Waals surface area contributed by atoms with Crippen molar-refractivity contribution in [1.82, 2.24) is 5.32 Å². The number of carbonyl (C=O) groups excluding carboxylic acids is 2. The maximum absolute atomic E-state index is 12.3. The van der Waals surface area contributed by atoms with Crippen LogP contribution in [0.5, 0.6) is 0 Å². The zero-order chi connectivity index (χ0) is 18.6. The summed E-state index contributed by atoms with van der Waals surface area (Å²) in [7, 11) is 0. The average Bonchev–Trinajstić information content (AvgIpc) is 2.55. The van der Waals surface area contributed by atoms with Gasteiger partial charge in [-0.05, 0) is 55.8 Å². The van der Waals surface area contributed by atoms with Gasteiger partial charge < -0.3 is 11.1 Å². The van der Waals surface area contributed by atoms with Crippen LogP contribution in [0.15, 0.2) is 42.5 Å². The molecule has 2 aromatic rings. The topological polar surface area (TPSA) is 84.2 Å². The van der Waals surface area contributed by atoms with E-state index in [0.717, 1.165) is 5.56 Å². The number of rotatable bonds is 6. The van der Waals surface area contributed by atoms with Crippen molar-refractivity contribution >= 4 is 40.7 Å². The van der Waals surface area contributed by atoms with E-state index in [9.17, 15) is 9.59 Å². The number of primary amides is 1. The van der Waals surface area contributed by atoms with E-state index in [1.807, 2.05) is 13.0 Å². The lowest BCUT2D eigenvalue weighted by atomic mass is 10.1. The molecule has 2 atom stereocenters. The monoisotopic (exact) mass is 379 g/mol. The van der Waals surface area contributed by atoms with Crippen LogP contribution in [-0.2, 0) is 4.79 Å². The second-order valence-electron chi connectivity index (χ2n) is 5.71. The quantitative estimate of drug-likeness (QED) is 0.713. The van der Waals surface area contributed by atoms with E-state index in [0.29, 0.717) is 21.3 Å². The Bertz CT molecular complexity index is 778. The first-order chi connectivity index (χ1) is 11.8. The van der Waals surface area contributed by atoms with E-state index in [1.54, 1.807) is 43.3 Å². The van der Waals surface area contributed by atoms with Crippen LogP contribution in [-0.4, -0.2) is 17.9 Å². The van der Waals surface area contributed by atoms with Crippen LogP contribution in [0.2, 0.25) is 10.0 Å². The number of halogens is 2. The van der Waals surface area contributed by atoms with Crippen molar-refractivity contribution in [3.05, 3.63) is 63.6 Å². The van der Waals surface area contributed by atoms with Gasteiger partial charge >= 0.3 is 0 Å². The number of hydrogen-bond acceptors (Lipinski definition) is 3. The molecule has 0 heterocycles. The third kappa shape index (κ3) is 5.19. The molecule has 0 aliphatic rings. The Hall–Kier alpha value is -2.08. The van der Waals surface area contributed by atoms with E-state index < -0.39 is 11.9 Å². The summed E-state index contributed by atoms with van der Waals surface area (Å²) >= 11 is 12.1. The Morgan fingerprint density at radius 1 is 1.04 bits per heavy atom. The fraction of sp³-hybridized carbons (Fsp3) is 0.222. The molecule has 5 nitrogen and oxygen atoms in total. The number of carbonyl (C=O) groups is 2. The molecule has 0 bridgehead atoms. The van der Waals surface area contributed by atoms with Gasteiger partial charge in [-0.1, -0.05) is 29.3 Å². The van der Waals surface area contributed by atoms with Crippen LogP contribution >= 0.6 is 23.2 Å². The highest BCUT2D eigenvalue weighted by molar-refractivity contribution is 6.35. The zero-order valence-electron chi connectivity index (χ0n) is 13.8. The van der Waals surface area contributed by atoms with Gasteiger partial charge in [0, 0.05) is 27.3 Å². The highest BCUT2D eigenvalue weighted by atomic mass is 35.5. The molecular formula is C18H19Cl2N3O2. The van der Waals surface area contributed by atoms with Crippen molar-refractivity contribution in [1.29, 1.82) is 0 Å². The molecule has 0 fully saturated rings. The molecule has 0 unspecified atom stereocenters. The van der Waals surface area contributed by atoms with E-state index >= 15 is 0 Å². The predicted molar refractivity (Wildman–Crippen MR) is 101 cm³/mol. The normalized spacial score (nSPS) is 13.1. The van der Waals surface area contributed by atoms with Crippen LogP contribution in [0.25, 0.3) is 0 Å². The molecule has 2 rings (SSSR count). The third-order valence-electron chi connectivity index (χ3n) is 3.76. The summed E-state index contributed by atoms with van der Waals surface area (Å²) in [5, 5.41) is 7.08. The van der Waals surface area contributed by atoms with Crippen molar-refractivity contribution in [2.24, 2.45) is 5.73 Å². The number of nitrogens with two attached hydrogens (primary N) is 1. The molecular weight excluding hydrogens is 361 g/mol. The molecule has 132 valence electrons. The average molecular weight is 380 g/mol. The van der Waals surface area contributed by atoms with Crippen molar-refractivity contribution in [3.8, 4) is 0 Å². The molecule has 2 aromatic carbocycles. The lowest BCUT2D eigenvalue weighted by molar-refractivity contribution is -0.117. The summed E-state index contributed by atoms with van der Waals surface area (Å²) in [5.74, 6) is -0.717. The summed E-state index contributed by atoms with van der Waals surface area (Å²) in [6.07, 6.45) is 0. The Balaban J connectivity index is 1.98. The summed E-state index contributed by atoms with van der Waals surface area (Å²) in [5.41, 5.74) is 7.02. The van der Waals surface area contributed by atoms with Crippen LogP contribution in [0.1, 0.15) is 35.8 Å². The zero-order valence-corrected chi connectivity index (χ0v) is 15.4. The smallest absolute Gasteiger partial charge is 0.248 e. The number of amides is 2. The van der Waals surface area contributed by atoms with E-state index in [4.69, 9.17) is 28.9 Å². The molecule has 25 heavy (non-hydrogen) atoms. The Kier molecular flexibility index (Phi) is 6.42. The second-order valence-corrected chi connectivity index (χ2v) is 6.55. The van der Waals surface area contributed by atoms with Crippen LogP contribution in [0.4, 0.5) is 5.69 Å². The molecule has 0 aliphatic heterocycles.